The van der Waals surface area contributed by atoms with E-state index in [1.165, 1.54) is 0 Å². The predicted octanol–water partition coefficient (Wildman–Crippen LogP) is 2.19. The molecule has 40 heavy (non-hydrogen) atoms. The van der Waals surface area contributed by atoms with Crippen molar-refractivity contribution in [3.8, 4) is 0 Å². The Kier molecular flexibility index (Phi) is 7.78. The molecular formula is C30H41N3O7. The third kappa shape index (κ3) is 4.93. The summed E-state index contributed by atoms with van der Waals surface area (Å²) >= 11 is 0. The van der Waals surface area contributed by atoms with Crippen molar-refractivity contribution in [2.75, 3.05) is 13.2 Å². The number of imidazole rings is 1. The Bertz CT molecular complexity index is 1200. The first kappa shape index (κ1) is 28.7. The fraction of sp³-hybridized carbons (Fsp3) is 0.700. The van der Waals surface area contributed by atoms with E-state index in [1.54, 1.807) is 18.6 Å². The molecule has 0 radical (unpaired) electrons. The molecule has 10 nitrogen and oxygen atoms in total. The summed E-state index contributed by atoms with van der Waals surface area (Å²) in [5, 5.41) is 26.0. The van der Waals surface area contributed by atoms with E-state index in [0.717, 1.165) is 30.5 Å². The lowest BCUT2D eigenvalue weighted by Gasteiger charge is -2.60. The summed E-state index contributed by atoms with van der Waals surface area (Å²) < 4.78 is 5.21. The van der Waals surface area contributed by atoms with Crippen LogP contribution in [-0.4, -0.2) is 68.5 Å². The van der Waals surface area contributed by atoms with Gasteiger partial charge >= 0.3 is 5.97 Å². The number of carbonyl (C=O) groups excluding carboxylic acids is 4. The molecule has 1 aromatic heterocycles. The van der Waals surface area contributed by atoms with Crippen molar-refractivity contribution in [3.63, 3.8) is 0 Å². The first-order valence-electron chi connectivity index (χ1n) is 14.5. The van der Waals surface area contributed by atoms with Crippen LogP contribution in [-0.2, 0) is 30.3 Å². The second-order valence-corrected chi connectivity index (χ2v) is 12.7. The number of Topliss-reactive ketones (excluding diaryl/α,β-unsaturated/α-hetero) is 1. The number of H-pyrrole nitrogens is 1. The molecule has 218 valence electrons. The van der Waals surface area contributed by atoms with Gasteiger partial charge in [-0.25, -0.2) is 4.98 Å². The minimum Gasteiger partial charge on any atom is -0.458 e. The van der Waals surface area contributed by atoms with E-state index in [-0.39, 0.29) is 60.5 Å². The van der Waals surface area contributed by atoms with Crippen LogP contribution in [0.1, 0.15) is 77.3 Å². The minimum atomic E-state index is -1.70. The molecule has 3 fully saturated rings. The highest BCUT2D eigenvalue weighted by atomic mass is 16.5. The highest BCUT2D eigenvalue weighted by Gasteiger charge is 2.68. The highest BCUT2D eigenvalue weighted by molar-refractivity contribution is 5.92. The molecule has 0 unspecified atom stereocenters. The molecule has 3 saturated carbocycles. The van der Waals surface area contributed by atoms with E-state index in [4.69, 9.17) is 4.74 Å². The fourth-order valence-corrected chi connectivity index (χ4v) is 8.55. The van der Waals surface area contributed by atoms with Crippen molar-refractivity contribution in [1.82, 2.24) is 15.3 Å². The van der Waals surface area contributed by atoms with Gasteiger partial charge in [-0.2, -0.15) is 0 Å². The van der Waals surface area contributed by atoms with Crippen LogP contribution >= 0.6 is 0 Å². The molecule has 4 N–H and O–H groups in total. The summed E-state index contributed by atoms with van der Waals surface area (Å²) in [6.45, 7) is 3.91. The summed E-state index contributed by atoms with van der Waals surface area (Å²) in [5.41, 5.74) is -0.759. The van der Waals surface area contributed by atoms with Gasteiger partial charge in [-0.1, -0.05) is 19.4 Å². The predicted molar refractivity (Wildman–Crippen MR) is 144 cm³/mol. The number of aliphatic hydroxyl groups is 2. The van der Waals surface area contributed by atoms with Gasteiger partial charge in [0, 0.05) is 43.1 Å². The number of nitrogens with one attached hydrogen (secondary N) is 2. The summed E-state index contributed by atoms with van der Waals surface area (Å²) in [7, 11) is 0. The van der Waals surface area contributed by atoms with Gasteiger partial charge in [0.1, 0.15) is 5.60 Å². The maximum atomic E-state index is 13.4. The second kappa shape index (κ2) is 10.9. The molecule has 0 saturated heterocycles. The first-order chi connectivity index (χ1) is 19.0. The molecule has 1 amide bonds. The second-order valence-electron chi connectivity index (χ2n) is 12.7. The number of aromatic amines is 1. The maximum absolute atomic E-state index is 13.4. The lowest BCUT2D eigenvalue weighted by molar-refractivity contribution is -0.184. The number of carbonyl (C=O) groups is 4. The van der Waals surface area contributed by atoms with E-state index >= 15 is 0 Å². The van der Waals surface area contributed by atoms with E-state index < -0.39 is 35.5 Å². The standard InChI is InChI=1S/C30H41N3O7/c1-28-10-7-20(34)13-18(28)3-4-21-22-8-11-30(39,29(22,2)14-23(35)27(21)28)24(36)16-40-26(38)6-5-25(37)32-12-9-19-15-31-17-33-19/h13,15,17,21-23,27,35,39H,3-12,14,16H2,1-2H3,(H,31,33)(H,32,37)/t21-,22-,23+,27+,28-,29-,30-/m0/s1. The third-order valence-electron chi connectivity index (χ3n) is 10.7. The number of nitrogens with zero attached hydrogens (tertiary/aromatic N) is 1. The molecule has 1 aromatic rings. The summed E-state index contributed by atoms with van der Waals surface area (Å²) in [6.07, 6.45) is 8.71. The van der Waals surface area contributed by atoms with Crippen LogP contribution in [0.5, 0.6) is 0 Å². The van der Waals surface area contributed by atoms with Gasteiger partial charge in [0.15, 0.2) is 12.4 Å². The van der Waals surface area contributed by atoms with Crippen LogP contribution in [0.3, 0.4) is 0 Å². The fourth-order valence-electron chi connectivity index (χ4n) is 8.55. The van der Waals surface area contributed by atoms with Gasteiger partial charge in [-0.15, -0.1) is 0 Å². The average Bonchev–Trinajstić information content (AvgIpc) is 3.52. The number of allylic oxidation sites excluding steroid dienone is 1. The Balaban J connectivity index is 1.16. The van der Waals surface area contributed by atoms with Crippen molar-refractivity contribution >= 4 is 23.4 Å². The Morgan fingerprint density at radius 3 is 2.73 bits per heavy atom. The summed E-state index contributed by atoms with van der Waals surface area (Å²) in [5.74, 6) is -1.18. The molecule has 0 spiro atoms. The molecule has 0 aromatic carbocycles. The number of fused-ring (bicyclic) bond motifs is 5. The third-order valence-corrected chi connectivity index (χ3v) is 10.7. The minimum absolute atomic E-state index is 0.0143. The summed E-state index contributed by atoms with van der Waals surface area (Å²) in [4.78, 5) is 56.7. The van der Waals surface area contributed by atoms with Gasteiger partial charge in [-0.3, -0.25) is 19.2 Å². The molecule has 7 atom stereocenters. The van der Waals surface area contributed by atoms with Gasteiger partial charge in [-0.05, 0) is 67.8 Å². The summed E-state index contributed by atoms with van der Waals surface area (Å²) in [6, 6.07) is 0. The SMILES string of the molecule is C[C@]12CCC(=O)C=C1CC[C@@H]1[C@@H]2[C@H](O)C[C@@]2(C)[C@H]1CC[C@]2(O)C(=O)COC(=O)CCC(=O)NCCc1cnc[nH]1. The zero-order chi connectivity index (χ0) is 28.7. The smallest absolute Gasteiger partial charge is 0.306 e. The lowest BCUT2D eigenvalue weighted by atomic mass is 9.45. The van der Waals surface area contributed by atoms with Crippen molar-refractivity contribution in [2.45, 2.75) is 89.8 Å². The Morgan fingerprint density at radius 2 is 1.98 bits per heavy atom. The van der Waals surface area contributed by atoms with E-state index in [2.05, 4.69) is 22.2 Å². The number of rotatable bonds is 9. The molecule has 4 aliphatic rings. The quantitative estimate of drug-likeness (QED) is 0.338. The molecular weight excluding hydrogens is 514 g/mol. The zero-order valence-corrected chi connectivity index (χ0v) is 23.4. The molecule has 10 heteroatoms. The van der Waals surface area contributed by atoms with Gasteiger partial charge in [0.2, 0.25) is 11.7 Å². The van der Waals surface area contributed by atoms with E-state index in [9.17, 15) is 29.4 Å². The molecule has 0 aliphatic heterocycles. The molecule has 1 heterocycles. The number of amides is 1. The monoisotopic (exact) mass is 555 g/mol. The Morgan fingerprint density at radius 1 is 1.18 bits per heavy atom. The number of esters is 1. The first-order valence-corrected chi connectivity index (χ1v) is 14.5. The number of ketones is 2. The van der Waals surface area contributed by atoms with E-state index in [0.29, 0.717) is 25.8 Å². The van der Waals surface area contributed by atoms with Gasteiger partial charge < -0.3 is 25.3 Å². The number of aromatic nitrogens is 2. The molecule has 5 rings (SSSR count). The van der Waals surface area contributed by atoms with Crippen LogP contribution in [0.15, 0.2) is 24.2 Å². The van der Waals surface area contributed by atoms with Crippen molar-refractivity contribution < 1.29 is 34.1 Å². The number of hydrogen-bond donors (Lipinski definition) is 4. The number of hydrogen-bond acceptors (Lipinski definition) is 8. The normalized spacial score (nSPS) is 36.6. The van der Waals surface area contributed by atoms with Crippen molar-refractivity contribution in [3.05, 3.63) is 29.9 Å². The van der Waals surface area contributed by atoms with E-state index in [1.807, 2.05) is 6.92 Å². The lowest BCUT2D eigenvalue weighted by Crippen LogP contribution is -2.62. The van der Waals surface area contributed by atoms with Crippen LogP contribution in [0.2, 0.25) is 0 Å². The van der Waals surface area contributed by atoms with Crippen LogP contribution in [0.4, 0.5) is 0 Å². The number of aliphatic hydroxyl groups excluding tert-OH is 1. The molecule has 4 aliphatic carbocycles. The van der Waals surface area contributed by atoms with Crippen LogP contribution in [0.25, 0.3) is 0 Å². The highest BCUT2D eigenvalue weighted by Crippen LogP contribution is 2.67. The van der Waals surface area contributed by atoms with Crippen LogP contribution < -0.4 is 5.32 Å². The van der Waals surface area contributed by atoms with Crippen LogP contribution in [0, 0.1) is 28.6 Å². The zero-order valence-electron chi connectivity index (χ0n) is 23.4. The van der Waals surface area contributed by atoms with Gasteiger partial charge in [0.05, 0.1) is 18.9 Å². The topological polar surface area (TPSA) is 159 Å². The largest absolute Gasteiger partial charge is 0.458 e. The maximum Gasteiger partial charge on any atom is 0.306 e. The van der Waals surface area contributed by atoms with Crippen molar-refractivity contribution in [2.24, 2.45) is 28.6 Å². The Labute approximate surface area is 234 Å². The number of ether oxygens (including phenoxy) is 1. The molecule has 0 bridgehead atoms. The average molecular weight is 556 g/mol. The van der Waals surface area contributed by atoms with Crippen molar-refractivity contribution in [1.29, 1.82) is 0 Å². The van der Waals surface area contributed by atoms with Gasteiger partial charge in [0.25, 0.3) is 0 Å². The Hall–Kier alpha value is -2.85.